The van der Waals surface area contributed by atoms with Crippen LogP contribution in [0.4, 0.5) is 0 Å². The van der Waals surface area contributed by atoms with Gasteiger partial charge in [-0.2, -0.15) is 0 Å². The highest BCUT2D eigenvalue weighted by Gasteiger charge is 2.37. The van der Waals surface area contributed by atoms with Crippen LogP contribution in [0.2, 0.25) is 0 Å². The second kappa shape index (κ2) is 12.7. The zero-order valence-electron chi connectivity index (χ0n) is 31.1. The molecule has 1 aliphatic rings. The third-order valence-corrected chi connectivity index (χ3v) is 12.9. The molecule has 0 saturated heterocycles. The van der Waals surface area contributed by atoms with Crippen molar-refractivity contribution in [1.82, 2.24) is 9.97 Å². The average molecular weight is 733 g/mol. The van der Waals surface area contributed by atoms with E-state index >= 15 is 0 Å². The van der Waals surface area contributed by atoms with E-state index in [4.69, 9.17) is 9.97 Å². The van der Waals surface area contributed by atoms with Crippen LogP contribution in [0.25, 0.3) is 98.2 Å². The number of benzene rings is 8. The standard InChI is InChI=1S/C53H36N2S/c1-53(2)45-20-11-19-43(50(45)44-30-38-14-6-7-15-39(38)31-46(44)53)48-32-47(54-52(55-48)37-12-4-3-5-13-37)36-28-24-34(25-29-36)33-22-26-35(27-23-33)40-17-10-18-42-41-16-8-9-21-49(41)56-51(40)42/h3-32H,1-2H3. The van der Waals surface area contributed by atoms with Crippen LogP contribution in [-0.4, -0.2) is 9.97 Å². The predicted octanol–water partition coefficient (Wildman–Crippen LogP) is 14.6. The molecule has 0 unspecified atom stereocenters. The number of hydrogen-bond donors (Lipinski definition) is 0. The third-order valence-electron chi connectivity index (χ3n) is 11.7. The van der Waals surface area contributed by atoms with E-state index in [0.717, 1.165) is 33.9 Å². The Labute approximate surface area is 330 Å². The minimum atomic E-state index is -0.136. The molecule has 2 aromatic heterocycles. The molecule has 0 aliphatic heterocycles. The predicted molar refractivity (Wildman–Crippen MR) is 237 cm³/mol. The minimum Gasteiger partial charge on any atom is -0.228 e. The van der Waals surface area contributed by atoms with Crippen molar-refractivity contribution in [2.75, 3.05) is 0 Å². The van der Waals surface area contributed by atoms with E-state index in [1.807, 2.05) is 17.4 Å². The Morgan fingerprint density at radius 3 is 1.80 bits per heavy atom. The van der Waals surface area contributed by atoms with Gasteiger partial charge >= 0.3 is 0 Å². The summed E-state index contributed by atoms with van der Waals surface area (Å²) in [7, 11) is 0. The van der Waals surface area contributed by atoms with Gasteiger partial charge in [-0.3, -0.25) is 0 Å². The van der Waals surface area contributed by atoms with Gasteiger partial charge in [-0.15, -0.1) is 11.3 Å². The highest BCUT2D eigenvalue weighted by atomic mass is 32.1. The fraction of sp³-hybridized carbons (Fsp3) is 0.0566. The molecule has 3 heteroatoms. The first-order chi connectivity index (χ1) is 27.5. The molecule has 10 aromatic rings. The molecule has 1 aliphatic carbocycles. The van der Waals surface area contributed by atoms with Gasteiger partial charge in [0.05, 0.1) is 11.4 Å². The smallest absolute Gasteiger partial charge is 0.160 e. The average Bonchev–Trinajstić information content (AvgIpc) is 3.75. The van der Waals surface area contributed by atoms with Gasteiger partial charge in [-0.25, -0.2) is 9.97 Å². The maximum atomic E-state index is 5.28. The van der Waals surface area contributed by atoms with Crippen molar-refractivity contribution in [3.63, 3.8) is 0 Å². The van der Waals surface area contributed by atoms with Crippen molar-refractivity contribution < 1.29 is 0 Å². The summed E-state index contributed by atoms with van der Waals surface area (Å²) in [6.45, 7) is 4.69. The summed E-state index contributed by atoms with van der Waals surface area (Å²) in [4.78, 5) is 10.5. The summed E-state index contributed by atoms with van der Waals surface area (Å²) in [5.41, 5.74) is 15.0. The van der Waals surface area contributed by atoms with Crippen LogP contribution in [0.15, 0.2) is 182 Å². The molecular weight excluding hydrogens is 697 g/mol. The van der Waals surface area contributed by atoms with Crippen molar-refractivity contribution >= 4 is 42.3 Å². The van der Waals surface area contributed by atoms with Gasteiger partial charge < -0.3 is 0 Å². The Kier molecular flexibility index (Phi) is 7.42. The first-order valence-corrected chi connectivity index (χ1v) is 20.0. The van der Waals surface area contributed by atoms with Crippen LogP contribution in [-0.2, 0) is 5.41 Å². The van der Waals surface area contributed by atoms with Crippen LogP contribution < -0.4 is 0 Å². The van der Waals surface area contributed by atoms with Gasteiger partial charge in [-0.05, 0) is 79.5 Å². The molecule has 0 fully saturated rings. The van der Waals surface area contributed by atoms with Gasteiger partial charge in [0.15, 0.2) is 5.82 Å². The Morgan fingerprint density at radius 1 is 0.411 bits per heavy atom. The molecule has 0 radical (unpaired) electrons. The van der Waals surface area contributed by atoms with E-state index in [9.17, 15) is 0 Å². The van der Waals surface area contributed by atoms with E-state index in [2.05, 4.69) is 190 Å². The van der Waals surface area contributed by atoms with Crippen molar-refractivity contribution in [2.45, 2.75) is 19.3 Å². The van der Waals surface area contributed by atoms with Crippen molar-refractivity contribution in [3.05, 3.63) is 193 Å². The molecule has 0 amide bonds. The van der Waals surface area contributed by atoms with E-state index in [0.29, 0.717) is 0 Å². The fourth-order valence-electron chi connectivity index (χ4n) is 8.79. The largest absolute Gasteiger partial charge is 0.228 e. The normalized spacial score (nSPS) is 13.0. The number of nitrogens with zero attached hydrogens (tertiary/aromatic N) is 2. The Hall–Kier alpha value is -6.68. The number of hydrogen-bond acceptors (Lipinski definition) is 3. The van der Waals surface area contributed by atoms with E-state index in [-0.39, 0.29) is 5.41 Å². The molecule has 8 aromatic carbocycles. The zero-order chi connectivity index (χ0) is 37.4. The number of aromatic nitrogens is 2. The first kappa shape index (κ1) is 32.7. The van der Waals surface area contributed by atoms with Crippen LogP contribution >= 0.6 is 11.3 Å². The van der Waals surface area contributed by atoms with Gasteiger partial charge in [0, 0.05) is 42.3 Å². The summed E-state index contributed by atoms with van der Waals surface area (Å²) in [5.74, 6) is 0.722. The Bertz CT molecular complexity index is 3140. The summed E-state index contributed by atoms with van der Waals surface area (Å²) >= 11 is 1.87. The number of fused-ring (bicyclic) bond motifs is 7. The molecule has 2 heterocycles. The Morgan fingerprint density at radius 2 is 1.02 bits per heavy atom. The zero-order valence-corrected chi connectivity index (χ0v) is 31.9. The second-order valence-corrected chi connectivity index (χ2v) is 16.4. The van der Waals surface area contributed by atoms with E-state index < -0.39 is 0 Å². The van der Waals surface area contributed by atoms with Gasteiger partial charge in [0.1, 0.15) is 0 Å². The lowest BCUT2D eigenvalue weighted by atomic mass is 9.81. The highest BCUT2D eigenvalue weighted by molar-refractivity contribution is 7.26. The van der Waals surface area contributed by atoms with Crippen LogP contribution in [0.3, 0.4) is 0 Å². The summed E-state index contributed by atoms with van der Waals surface area (Å²) in [6.07, 6.45) is 0. The molecule has 0 bridgehead atoms. The topological polar surface area (TPSA) is 25.8 Å². The molecule has 56 heavy (non-hydrogen) atoms. The third kappa shape index (κ3) is 5.23. The quantitative estimate of drug-likeness (QED) is 0.176. The van der Waals surface area contributed by atoms with Gasteiger partial charge in [0.2, 0.25) is 0 Å². The van der Waals surface area contributed by atoms with Crippen LogP contribution in [0.1, 0.15) is 25.0 Å². The maximum absolute atomic E-state index is 5.28. The van der Waals surface area contributed by atoms with Crippen molar-refractivity contribution in [2.24, 2.45) is 0 Å². The number of rotatable bonds is 5. The maximum Gasteiger partial charge on any atom is 0.160 e. The first-order valence-electron chi connectivity index (χ1n) is 19.2. The van der Waals surface area contributed by atoms with Crippen LogP contribution in [0, 0.1) is 0 Å². The molecule has 0 atom stereocenters. The molecule has 0 N–H and O–H groups in total. The molecule has 2 nitrogen and oxygen atoms in total. The van der Waals surface area contributed by atoms with Crippen LogP contribution in [0.5, 0.6) is 0 Å². The fourth-order valence-corrected chi connectivity index (χ4v) is 10.0. The monoisotopic (exact) mass is 732 g/mol. The second-order valence-electron chi connectivity index (χ2n) is 15.4. The Balaban J connectivity index is 0.984. The summed E-state index contributed by atoms with van der Waals surface area (Å²) in [6, 6.07) is 65.8. The summed E-state index contributed by atoms with van der Waals surface area (Å²) in [5, 5.41) is 5.17. The molecular formula is C53H36N2S. The van der Waals surface area contributed by atoms with Crippen molar-refractivity contribution in [1.29, 1.82) is 0 Å². The SMILES string of the molecule is CC1(C)c2cc3ccccc3cc2-c2c(-c3cc(-c4ccc(-c5ccc(-c6cccc7c6sc6ccccc67)cc5)cc4)nc(-c4ccccc4)n3)cccc21. The molecule has 264 valence electrons. The lowest BCUT2D eigenvalue weighted by Crippen LogP contribution is -2.14. The van der Waals surface area contributed by atoms with Crippen molar-refractivity contribution in [3.8, 4) is 67.3 Å². The lowest BCUT2D eigenvalue weighted by Gasteiger charge is -2.22. The lowest BCUT2D eigenvalue weighted by molar-refractivity contribution is 0.661. The minimum absolute atomic E-state index is 0.136. The summed E-state index contributed by atoms with van der Waals surface area (Å²) < 4.78 is 2.67. The molecule has 11 rings (SSSR count). The molecule has 0 saturated carbocycles. The molecule has 0 spiro atoms. The van der Waals surface area contributed by atoms with E-state index in [1.54, 1.807) is 0 Å². The van der Waals surface area contributed by atoms with Gasteiger partial charge in [-0.1, -0.05) is 172 Å². The van der Waals surface area contributed by atoms with Gasteiger partial charge in [0.25, 0.3) is 0 Å². The number of thiophene rings is 1. The van der Waals surface area contributed by atoms with E-state index in [1.165, 1.54) is 75.5 Å². The highest BCUT2D eigenvalue weighted by Crippen LogP contribution is 2.53.